The Hall–Kier alpha value is -2.33. The summed E-state index contributed by atoms with van der Waals surface area (Å²) in [6.07, 6.45) is 5.93. The Morgan fingerprint density at radius 1 is 1.10 bits per heavy atom. The lowest BCUT2D eigenvalue weighted by atomic mass is 10.0. The van der Waals surface area contributed by atoms with Crippen LogP contribution in [0.3, 0.4) is 0 Å². The molecular formula is C26H33ClN2O2. The molecule has 0 radical (unpaired) electrons. The van der Waals surface area contributed by atoms with Gasteiger partial charge in [-0.25, -0.2) is 0 Å². The molecule has 0 unspecified atom stereocenters. The first-order valence-corrected chi connectivity index (χ1v) is 11.7. The highest BCUT2D eigenvalue weighted by Crippen LogP contribution is 2.22. The van der Waals surface area contributed by atoms with Crippen molar-refractivity contribution in [3.8, 4) is 0 Å². The van der Waals surface area contributed by atoms with Gasteiger partial charge in [-0.15, -0.1) is 0 Å². The molecule has 1 atom stereocenters. The lowest BCUT2D eigenvalue weighted by Crippen LogP contribution is -2.51. The van der Waals surface area contributed by atoms with Gasteiger partial charge in [0.25, 0.3) is 0 Å². The van der Waals surface area contributed by atoms with Gasteiger partial charge in [0.1, 0.15) is 6.04 Å². The van der Waals surface area contributed by atoms with Crippen LogP contribution in [-0.4, -0.2) is 28.8 Å². The van der Waals surface area contributed by atoms with Gasteiger partial charge in [0.15, 0.2) is 0 Å². The van der Waals surface area contributed by atoms with Crippen LogP contribution < -0.4 is 5.32 Å². The second-order valence-electron chi connectivity index (χ2n) is 8.51. The monoisotopic (exact) mass is 440 g/mol. The molecule has 0 heterocycles. The first-order chi connectivity index (χ1) is 15.0. The van der Waals surface area contributed by atoms with E-state index in [9.17, 15) is 9.59 Å². The van der Waals surface area contributed by atoms with Crippen molar-refractivity contribution in [2.45, 2.75) is 77.4 Å². The molecule has 0 saturated heterocycles. The van der Waals surface area contributed by atoms with Crippen LogP contribution in [0, 0.1) is 6.92 Å². The van der Waals surface area contributed by atoms with Crippen molar-refractivity contribution in [3.05, 3.63) is 70.2 Å². The predicted molar refractivity (Wildman–Crippen MR) is 126 cm³/mol. The number of halogens is 1. The highest BCUT2D eigenvalue weighted by atomic mass is 35.5. The Labute approximate surface area is 191 Å². The SMILES string of the molecule is CC[C@H](C(=O)NC1CCCC1)N(Cc1ccccc1Cl)C(=O)CCc1ccc(C)cc1. The fourth-order valence-electron chi connectivity index (χ4n) is 4.25. The largest absolute Gasteiger partial charge is 0.352 e. The molecule has 0 aromatic heterocycles. The summed E-state index contributed by atoms with van der Waals surface area (Å²) in [6, 6.07) is 15.5. The van der Waals surface area contributed by atoms with E-state index in [1.54, 1.807) is 4.90 Å². The summed E-state index contributed by atoms with van der Waals surface area (Å²) in [5, 5.41) is 3.80. The average Bonchev–Trinajstić information content (AvgIpc) is 3.27. The molecule has 2 amide bonds. The first-order valence-electron chi connectivity index (χ1n) is 11.4. The van der Waals surface area contributed by atoms with E-state index in [1.807, 2.05) is 31.2 Å². The normalized spacial score (nSPS) is 14.9. The molecule has 0 aliphatic heterocycles. The lowest BCUT2D eigenvalue weighted by molar-refractivity contribution is -0.141. The maximum atomic E-state index is 13.3. The smallest absolute Gasteiger partial charge is 0.243 e. The number of nitrogens with one attached hydrogen (secondary N) is 1. The predicted octanol–water partition coefficient (Wildman–Crippen LogP) is 5.45. The highest BCUT2D eigenvalue weighted by molar-refractivity contribution is 6.31. The van der Waals surface area contributed by atoms with Crippen molar-refractivity contribution in [1.29, 1.82) is 0 Å². The topological polar surface area (TPSA) is 49.4 Å². The van der Waals surface area contributed by atoms with Crippen LogP contribution >= 0.6 is 11.6 Å². The van der Waals surface area contributed by atoms with Crippen LogP contribution in [0.25, 0.3) is 0 Å². The van der Waals surface area contributed by atoms with E-state index in [0.29, 0.717) is 30.8 Å². The standard InChI is InChI=1S/C26H33ClN2O2/c1-3-24(26(31)28-22-9-5-6-10-22)29(18-21-8-4-7-11-23(21)27)25(30)17-16-20-14-12-19(2)13-15-20/h4,7-8,11-15,22,24H,3,5-6,9-10,16-18H2,1-2H3,(H,28,31)/t24-/m1/s1. The minimum atomic E-state index is -0.498. The summed E-state index contributed by atoms with van der Waals surface area (Å²) in [7, 11) is 0. The number of hydrogen-bond donors (Lipinski definition) is 1. The zero-order chi connectivity index (χ0) is 22.2. The van der Waals surface area contributed by atoms with Gasteiger partial charge in [-0.05, 0) is 49.8 Å². The molecule has 1 N–H and O–H groups in total. The summed E-state index contributed by atoms with van der Waals surface area (Å²) >= 11 is 6.39. The summed E-state index contributed by atoms with van der Waals surface area (Å²) in [5.41, 5.74) is 3.19. The molecule has 0 spiro atoms. The molecule has 2 aromatic rings. The van der Waals surface area contributed by atoms with E-state index in [4.69, 9.17) is 11.6 Å². The zero-order valence-electron chi connectivity index (χ0n) is 18.6. The molecule has 0 bridgehead atoms. The number of rotatable bonds is 9. The van der Waals surface area contributed by atoms with Gasteiger partial charge in [0.2, 0.25) is 11.8 Å². The van der Waals surface area contributed by atoms with E-state index >= 15 is 0 Å². The Balaban J connectivity index is 1.76. The van der Waals surface area contributed by atoms with E-state index in [2.05, 4.69) is 36.5 Å². The van der Waals surface area contributed by atoms with Gasteiger partial charge in [0, 0.05) is 24.0 Å². The second kappa shape index (κ2) is 11.3. The van der Waals surface area contributed by atoms with Crippen molar-refractivity contribution in [1.82, 2.24) is 10.2 Å². The fraction of sp³-hybridized carbons (Fsp3) is 0.462. The molecule has 3 rings (SSSR count). The van der Waals surface area contributed by atoms with Crippen LogP contribution in [0.15, 0.2) is 48.5 Å². The molecule has 2 aromatic carbocycles. The molecule has 1 saturated carbocycles. The maximum Gasteiger partial charge on any atom is 0.243 e. The van der Waals surface area contributed by atoms with Gasteiger partial charge in [-0.3, -0.25) is 9.59 Å². The summed E-state index contributed by atoms with van der Waals surface area (Å²) in [6.45, 7) is 4.35. The van der Waals surface area contributed by atoms with Crippen molar-refractivity contribution in [2.24, 2.45) is 0 Å². The molecule has 31 heavy (non-hydrogen) atoms. The molecule has 1 aliphatic rings. The third-order valence-corrected chi connectivity index (χ3v) is 6.50. The van der Waals surface area contributed by atoms with Crippen molar-refractivity contribution < 1.29 is 9.59 Å². The number of carbonyl (C=O) groups excluding carboxylic acids is 2. The molecule has 4 nitrogen and oxygen atoms in total. The van der Waals surface area contributed by atoms with E-state index in [1.165, 1.54) is 5.56 Å². The van der Waals surface area contributed by atoms with Crippen molar-refractivity contribution in [3.63, 3.8) is 0 Å². The van der Waals surface area contributed by atoms with Gasteiger partial charge in [-0.1, -0.05) is 79.4 Å². The van der Waals surface area contributed by atoms with E-state index < -0.39 is 6.04 Å². The van der Waals surface area contributed by atoms with Crippen LogP contribution in [0.5, 0.6) is 0 Å². The van der Waals surface area contributed by atoms with Crippen LogP contribution in [-0.2, 0) is 22.6 Å². The summed E-state index contributed by atoms with van der Waals surface area (Å²) < 4.78 is 0. The lowest BCUT2D eigenvalue weighted by Gasteiger charge is -2.32. The minimum absolute atomic E-state index is 0.0195. The Morgan fingerprint density at radius 3 is 2.42 bits per heavy atom. The molecular weight excluding hydrogens is 408 g/mol. The Morgan fingerprint density at radius 2 is 1.77 bits per heavy atom. The highest BCUT2D eigenvalue weighted by Gasteiger charge is 2.30. The number of carbonyl (C=O) groups is 2. The van der Waals surface area contributed by atoms with Gasteiger partial charge < -0.3 is 10.2 Å². The Kier molecular flexibility index (Phi) is 8.53. The first kappa shape index (κ1) is 23.3. The number of benzene rings is 2. The van der Waals surface area contributed by atoms with Gasteiger partial charge >= 0.3 is 0 Å². The summed E-state index contributed by atoms with van der Waals surface area (Å²) in [5.74, 6) is -0.0703. The maximum absolute atomic E-state index is 13.3. The minimum Gasteiger partial charge on any atom is -0.352 e. The van der Waals surface area contributed by atoms with Crippen LogP contribution in [0.2, 0.25) is 5.02 Å². The third kappa shape index (κ3) is 6.57. The van der Waals surface area contributed by atoms with Crippen LogP contribution in [0.1, 0.15) is 62.1 Å². The molecule has 166 valence electrons. The molecule has 1 fully saturated rings. The van der Waals surface area contributed by atoms with E-state index in [0.717, 1.165) is 36.8 Å². The molecule has 5 heteroatoms. The fourth-order valence-corrected chi connectivity index (χ4v) is 4.44. The quantitative estimate of drug-likeness (QED) is 0.563. The summed E-state index contributed by atoms with van der Waals surface area (Å²) in [4.78, 5) is 28.2. The van der Waals surface area contributed by atoms with Gasteiger partial charge in [-0.2, -0.15) is 0 Å². The number of amides is 2. The number of aryl methyl sites for hydroxylation is 2. The Bertz CT molecular complexity index is 875. The van der Waals surface area contributed by atoms with Gasteiger partial charge in [0.05, 0.1) is 0 Å². The van der Waals surface area contributed by atoms with Crippen LogP contribution in [0.4, 0.5) is 0 Å². The molecule has 1 aliphatic carbocycles. The van der Waals surface area contributed by atoms with E-state index in [-0.39, 0.29) is 17.9 Å². The second-order valence-corrected chi connectivity index (χ2v) is 8.92. The number of hydrogen-bond acceptors (Lipinski definition) is 2. The zero-order valence-corrected chi connectivity index (χ0v) is 19.3. The average molecular weight is 441 g/mol. The van der Waals surface area contributed by atoms with Crippen molar-refractivity contribution in [2.75, 3.05) is 0 Å². The number of nitrogens with zero attached hydrogens (tertiary/aromatic N) is 1. The van der Waals surface area contributed by atoms with Crippen molar-refractivity contribution >= 4 is 23.4 Å². The third-order valence-electron chi connectivity index (χ3n) is 6.13.